The van der Waals surface area contributed by atoms with Gasteiger partial charge in [-0.1, -0.05) is 89.9 Å². The molecule has 0 heterocycles. The molecule has 3 aliphatic carbocycles. The molecule has 3 saturated carbocycles. The average molecular weight is 265 g/mol. The largest absolute Gasteiger partial charge is 0.0533 e. The Balaban J connectivity index is 1.68. The lowest BCUT2D eigenvalue weighted by molar-refractivity contribution is 0.453. The van der Waals surface area contributed by atoms with Crippen LogP contribution in [0.3, 0.4) is 0 Å². The van der Waals surface area contributed by atoms with Crippen LogP contribution in [-0.4, -0.2) is 8.80 Å². The van der Waals surface area contributed by atoms with E-state index in [9.17, 15) is 0 Å². The minimum Gasteiger partial charge on any atom is -0.0533 e. The number of hydrogen-bond donors (Lipinski definition) is 0. The van der Waals surface area contributed by atoms with E-state index in [1.165, 1.54) is 16.6 Å². The molecule has 0 aromatic heterocycles. The van der Waals surface area contributed by atoms with E-state index in [0.29, 0.717) is 0 Å². The quantitative estimate of drug-likeness (QED) is 0.563. The van der Waals surface area contributed by atoms with Crippen molar-refractivity contribution >= 4 is 8.80 Å². The van der Waals surface area contributed by atoms with Gasteiger partial charge in [0.15, 0.2) is 0 Å². The summed E-state index contributed by atoms with van der Waals surface area (Å²) in [5.41, 5.74) is 3.81. The molecular weight excluding hydrogens is 232 g/mol. The summed E-state index contributed by atoms with van der Waals surface area (Å²) in [6.07, 6.45) is 22.4. The number of rotatable bonds is 3. The second kappa shape index (κ2) is 6.59. The van der Waals surface area contributed by atoms with Crippen LogP contribution < -0.4 is 0 Å². The topological polar surface area (TPSA) is 0 Å². The molecule has 3 fully saturated rings. The van der Waals surface area contributed by atoms with Crippen molar-refractivity contribution < 1.29 is 0 Å². The van der Waals surface area contributed by atoms with Crippen LogP contribution in [0.1, 0.15) is 89.9 Å². The summed E-state index contributed by atoms with van der Waals surface area (Å²) in [5.74, 6) is 0. The molecular formula is C17H32Si. The van der Waals surface area contributed by atoms with Gasteiger partial charge < -0.3 is 0 Å². The zero-order valence-electron chi connectivity index (χ0n) is 12.2. The smallest absolute Gasteiger partial charge is 0.0461 e. The standard InChI is InChI=1S/C17H32Si/c1-3-9-15(10-4-1)18(17-13-7-8-14-17)16-11-5-2-6-12-16/h15-18H,1-14H2. The van der Waals surface area contributed by atoms with Gasteiger partial charge >= 0.3 is 0 Å². The van der Waals surface area contributed by atoms with E-state index >= 15 is 0 Å². The Labute approximate surface area is 116 Å². The zero-order chi connectivity index (χ0) is 12.2. The summed E-state index contributed by atoms with van der Waals surface area (Å²) in [4.78, 5) is 0. The molecule has 3 rings (SSSR count). The van der Waals surface area contributed by atoms with Crippen LogP contribution in [0.5, 0.6) is 0 Å². The molecule has 0 radical (unpaired) electrons. The Bertz CT molecular complexity index is 214. The highest BCUT2D eigenvalue weighted by molar-refractivity contribution is 6.63. The van der Waals surface area contributed by atoms with Crippen molar-refractivity contribution in [3.63, 3.8) is 0 Å². The molecule has 0 bridgehead atoms. The first-order chi connectivity index (χ1) is 8.95. The van der Waals surface area contributed by atoms with E-state index in [0.717, 1.165) is 0 Å². The molecule has 0 aromatic carbocycles. The molecule has 18 heavy (non-hydrogen) atoms. The third-order valence-corrected chi connectivity index (χ3v) is 11.6. The Morgan fingerprint density at radius 2 is 0.667 bits per heavy atom. The summed E-state index contributed by atoms with van der Waals surface area (Å²) in [6, 6.07) is 0. The lowest BCUT2D eigenvalue weighted by Gasteiger charge is -2.40. The maximum Gasteiger partial charge on any atom is 0.0461 e. The predicted molar refractivity (Wildman–Crippen MR) is 83.0 cm³/mol. The monoisotopic (exact) mass is 264 g/mol. The van der Waals surface area contributed by atoms with Crippen molar-refractivity contribution in [3.05, 3.63) is 0 Å². The molecule has 3 aliphatic rings. The van der Waals surface area contributed by atoms with Crippen molar-refractivity contribution in [2.24, 2.45) is 0 Å². The fraction of sp³-hybridized carbons (Fsp3) is 1.00. The molecule has 0 nitrogen and oxygen atoms in total. The Kier molecular flexibility index (Phi) is 4.84. The van der Waals surface area contributed by atoms with E-state index in [1.54, 1.807) is 89.9 Å². The van der Waals surface area contributed by atoms with Crippen molar-refractivity contribution in [1.29, 1.82) is 0 Å². The van der Waals surface area contributed by atoms with Gasteiger partial charge in [-0.05, 0) is 16.6 Å². The van der Waals surface area contributed by atoms with Gasteiger partial charge in [0.1, 0.15) is 0 Å². The van der Waals surface area contributed by atoms with Gasteiger partial charge in [-0.15, -0.1) is 0 Å². The van der Waals surface area contributed by atoms with Gasteiger partial charge in [-0.25, -0.2) is 0 Å². The van der Waals surface area contributed by atoms with Gasteiger partial charge in [0.2, 0.25) is 0 Å². The van der Waals surface area contributed by atoms with Crippen LogP contribution in [0.15, 0.2) is 0 Å². The maximum atomic E-state index is 1.64. The highest BCUT2D eigenvalue weighted by atomic mass is 28.3. The van der Waals surface area contributed by atoms with E-state index < -0.39 is 8.80 Å². The highest BCUT2D eigenvalue weighted by Crippen LogP contribution is 2.50. The Morgan fingerprint density at radius 1 is 0.389 bits per heavy atom. The van der Waals surface area contributed by atoms with Gasteiger partial charge in [0.05, 0.1) is 0 Å². The molecule has 0 spiro atoms. The minimum atomic E-state index is -0.449. The minimum absolute atomic E-state index is 0.449. The van der Waals surface area contributed by atoms with E-state index in [1.807, 2.05) is 0 Å². The second-order valence-corrected chi connectivity index (χ2v) is 11.4. The molecule has 0 unspecified atom stereocenters. The summed E-state index contributed by atoms with van der Waals surface area (Å²) >= 11 is 0. The normalized spacial score (nSPS) is 29.2. The zero-order valence-corrected chi connectivity index (χ0v) is 13.4. The number of hydrogen-bond acceptors (Lipinski definition) is 0. The van der Waals surface area contributed by atoms with Crippen molar-refractivity contribution in [3.8, 4) is 0 Å². The Hall–Kier alpha value is 0.217. The molecule has 0 N–H and O–H groups in total. The summed E-state index contributed by atoms with van der Waals surface area (Å²) < 4.78 is 0. The first-order valence-electron chi connectivity index (χ1n) is 8.95. The summed E-state index contributed by atoms with van der Waals surface area (Å²) in [7, 11) is -0.449. The summed E-state index contributed by atoms with van der Waals surface area (Å²) in [5, 5.41) is 0. The Morgan fingerprint density at radius 3 is 1.00 bits per heavy atom. The van der Waals surface area contributed by atoms with E-state index in [2.05, 4.69) is 0 Å². The predicted octanol–water partition coefficient (Wildman–Crippen LogP) is 5.83. The fourth-order valence-corrected chi connectivity index (χ4v) is 11.6. The molecule has 0 saturated heterocycles. The average Bonchev–Trinajstić information content (AvgIpc) is 2.95. The van der Waals surface area contributed by atoms with E-state index in [-0.39, 0.29) is 0 Å². The first-order valence-corrected chi connectivity index (χ1v) is 10.9. The van der Waals surface area contributed by atoms with Crippen molar-refractivity contribution in [1.82, 2.24) is 0 Å². The first kappa shape index (κ1) is 13.2. The van der Waals surface area contributed by atoms with Crippen LogP contribution in [0.2, 0.25) is 16.6 Å². The van der Waals surface area contributed by atoms with Crippen LogP contribution in [-0.2, 0) is 0 Å². The molecule has 0 aromatic rings. The van der Waals surface area contributed by atoms with Crippen LogP contribution >= 0.6 is 0 Å². The third kappa shape index (κ3) is 3.03. The van der Waals surface area contributed by atoms with Crippen LogP contribution in [0.25, 0.3) is 0 Å². The van der Waals surface area contributed by atoms with Gasteiger partial charge in [0.25, 0.3) is 0 Å². The van der Waals surface area contributed by atoms with Crippen LogP contribution in [0, 0.1) is 0 Å². The SMILES string of the molecule is C1CCC([SiH](C2CCCCC2)C2CCCC2)CC1. The molecule has 0 atom stereocenters. The lowest BCUT2D eigenvalue weighted by Crippen LogP contribution is -2.33. The highest BCUT2D eigenvalue weighted by Gasteiger charge is 2.38. The summed E-state index contributed by atoms with van der Waals surface area (Å²) in [6.45, 7) is 0. The fourth-order valence-electron chi connectivity index (χ4n) is 5.54. The maximum absolute atomic E-state index is 1.64. The van der Waals surface area contributed by atoms with Gasteiger partial charge in [-0.2, -0.15) is 0 Å². The lowest BCUT2D eigenvalue weighted by atomic mass is 9.99. The van der Waals surface area contributed by atoms with Crippen molar-refractivity contribution in [2.45, 2.75) is 107 Å². The molecule has 104 valence electrons. The van der Waals surface area contributed by atoms with E-state index in [4.69, 9.17) is 0 Å². The van der Waals surface area contributed by atoms with Gasteiger partial charge in [-0.3, -0.25) is 0 Å². The molecule has 1 heteroatoms. The van der Waals surface area contributed by atoms with Crippen molar-refractivity contribution in [2.75, 3.05) is 0 Å². The van der Waals surface area contributed by atoms with Gasteiger partial charge in [0, 0.05) is 8.80 Å². The third-order valence-electron chi connectivity index (χ3n) is 6.33. The molecule has 0 aliphatic heterocycles. The molecule has 0 amide bonds. The van der Waals surface area contributed by atoms with Crippen LogP contribution in [0.4, 0.5) is 0 Å². The second-order valence-electron chi connectivity index (χ2n) is 7.42.